The minimum Gasteiger partial charge on any atom is -0.508 e. The summed E-state index contributed by atoms with van der Waals surface area (Å²) in [7, 11) is 0. The zero-order valence-electron chi connectivity index (χ0n) is 9.74. The van der Waals surface area contributed by atoms with E-state index in [1.54, 1.807) is 12.1 Å². The van der Waals surface area contributed by atoms with Crippen molar-refractivity contribution in [2.75, 3.05) is 4.90 Å². The maximum absolute atomic E-state index is 12.2. The number of allylic oxidation sites excluding steroid dienone is 1. The fourth-order valence-corrected chi connectivity index (χ4v) is 2.64. The number of hydrogen-bond donors (Lipinski definition) is 1. The molecule has 0 bridgehead atoms. The number of fused-ring (bicyclic) bond motifs is 1. The van der Waals surface area contributed by atoms with Crippen LogP contribution in [0, 0.1) is 11.8 Å². The van der Waals surface area contributed by atoms with Crippen molar-refractivity contribution >= 4 is 17.5 Å². The van der Waals surface area contributed by atoms with Crippen LogP contribution in [0.3, 0.4) is 0 Å². The Hall–Kier alpha value is -2.10. The van der Waals surface area contributed by atoms with Gasteiger partial charge in [0.1, 0.15) is 5.75 Å². The molecule has 18 heavy (non-hydrogen) atoms. The molecule has 2 aliphatic rings. The van der Waals surface area contributed by atoms with Gasteiger partial charge in [-0.15, -0.1) is 0 Å². The standard InChI is InChI=1S/C14H13NO3/c16-10-7-5-9(6-8-10)15-13(17)11-3-1-2-4-12(11)14(15)18/h1,3,5-8,11-12,16H,2,4H2. The second kappa shape index (κ2) is 3.98. The quantitative estimate of drug-likeness (QED) is 0.605. The van der Waals surface area contributed by atoms with Crippen molar-refractivity contribution in [3.8, 4) is 5.75 Å². The minimum atomic E-state index is -0.306. The highest BCUT2D eigenvalue weighted by atomic mass is 16.3. The number of benzene rings is 1. The molecule has 1 N–H and O–H groups in total. The van der Waals surface area contributed by atoms with E-state index in [4.69, 9.17) is 0 Å². The average molecular weight is 243 g/mol. The van der Waals surface area contributed by atoms with Crippen LogP contribution in [0.15, 0.2) is 36.4 Å². The number of hydrogen-bond acceptors (Lipinski definition) is 3. The second-order valence-electron chi connectivity index (χ2n) is 4.67. The molecule has 3 rings (SSSR count). The van der Waals surface area contributed by atoms with Gasteiger partial charge in [0.05, 0.1) is 17.5 Å². The molecule has 92 valence electrons. The molecule has 0 saturated carbocycles. The molecule has 1 heterocycles. The highest BCUT2D eigenvalue weighted by Crippen LogP contribution is 2.37. The lowest BCUT2D eigenvalue weighted by Crippen LogP contribution is -2.30. The molecule has 4 nitrogen and oxygen atoms in total. The first-order valence-electron chi connectivity index (χ1n) is 6.02. The number of anilines is 1. The number of aromatic hydroxyl groups is 1. The molecule has 1 fully saturated rings. The number of phenols is 1. The molecule has 1 aliphatic heterocycles. The van der Waals surface area contributed by atoms with Crippen molar-refractivity contribution in [1.29, 1.82) is 0 Å². The van der Waals surface area contributed by atoms with Gasteiger partial charge in [-0.2, -0.15) is 0 Å². The summed E-state index contributed by atoms with van der Waals surface area (Å²) in [4.78, 5) is 25.7. The number of imide groups is 1. The molecular weight excluding hydrogens is 230 g/mol. The largest absolute Gasteiger partial charge is 0.508 e. The van der Waals surface area contributed by atoms with Gasteiger partial charge in [0, 0.05) is 0 Å². The van der Waals surface area contributed by atoms with Crippen molar-refractivity contribution in [3.63, 3.8) is 0 Å². The Bertz CT molecular complexity index is 532. The molecule has 2 atom stereocenters. The van der Waals surface area contributed by atoms with Crippen molar-refractivity contribution in [2.24, 2.45) is 11.8 Å². The van der Waals surface area contributed by atoms with Gasteiger partial charge in [-0.05, 0) is 37.1 Å². The molecule has 0 aromatic heterocycles. The number of phenolic OH excluding ortho intramolecular Hbond substituents is 1. The van der Waals surface area contributed by atoms with Crippen molar-refractivity contribution in [1.82, 2.24) is 0 Å². The molecule has 1 aliphatic carbocycles. The predicted octanol–water partition coefficient (Wildman–Crippen LogP) is 1.85. The molecule has 1 aromatic rings. The highest BCUT2D eigenvalue weighted by molar-refractivity contribution is 6.22. The van der Waals surface area contributed by atoms with Crippen molar-refractivity contribution in [3.05, 3.63) is 36.4 Å². The first kappa shape index (κ1) is 11.0. The van der Waals surface area contributed by atoms with Crippen LogP contribution in [0.4, 0.5) is 5.69 Å². The summed E-state index contributed by atoms with van der Waals surface area (Å²) in [5.74, 6) is -0.682. The summed E-state index contributed by atoms with van der Waals surface area (Å²) < 4.78 is 0. The van der Waals surface area contributed by atoms with Crippen LogP contribution in [-0.4, -0.2) is 16.9 Å². The van der Waals surface area contributed by atoms with Crippen LogP contribution in [0.2, 0.25) is 0 Å². The monoisotopic (exact) mass is 243 g/mol. The molecule has 0 radical (unpaired) electrons. The zero-order valence-corrected chi connectivity index (χ0v) is 9.74. The number of carbonyl (C=O) groups is 2. The SMILES string of the molecule is O=C1C2C=CCCC2C(=O)N1c1ccc(O)cc1. The fourth-order valence-electron chi connectivity index (χ4n) is 2.64. The molecule has 4 heteroatoms. The predicted molar refractivity (Wildman–Crippen MR) is 66.0 cm³/mol. The number of nitrogens with zero attached hydrogens (tertiary/aromatic N) is 1. The summed E-state index contributed by atoms with van der Waals surface area (Å²) >= 11 is 0. The van der Waals surface area contributed by atoms with Gasteiger partial charge < -0.3 is 5.11 Å². The molecule has 1 saturated heterocycles. The Morgan fingerprint density at radius 3 is 2.50 bits per heavy atom. The summed E-state index contributed by atoms with van der Waals surface area (Å²) in [6, 6.07) is 6.14. The van der Waals surface area contributed by atoms with Crippen LogP contribution in [0.5, 0.6) is 5.75 Å². The smallest absolute Gasteiger partial charge is 0.241 e. The normalized spacial score (nSPS) is 26.6. The van der Waals surface area contributed by atoms with E-state index in [0.29, 0.717) is 5.69 Å². The molecule has 2 amide bonds. The summed E-state index contributed by atoms with van der Waals surface area (Å²) in [5.41, 5.74) is 0.533. The highest BCUT2D eigenvalue weighted by Gasteiger charge is 2.47. The summed E-state index contributed by atoms with van der Waals surface area (Å²) in [5, 5.41) is 9.24. The van der Waals surface area contributed by atoms with E-state index in [0.717, 1.165) is 12.8 Å². The molecule has 2 unspecified atom stereocenters. The Labute approximate surface area is 105 Å². The summed E-state index contributed by atoms with van der Waals surface area (Å²) in [6.45, 7) is 0. The Kier molecular flexibility index (Phi) is 2.44. The third-order valence-corrected chi connectivity index (χ3v) is 3.57. The van der Waals surface area contributed by atoms with Gasteiger partial charge in [-0.1, -0.05) is 12.2 Å². The van der Waals surface area contributed by atoms with Gasteiger partial charge in [0.2, 0.25) is 11.8 Å². The van der Waals surface area contributed by atoms with Gasteiger partial charge in [-0.3, -0.25) is 9.59 Å². The number of amides is 2. The molecule has 0 spiro atoms. The van der Waals surface area contributed by atoms with Crippen LogP contribution < -0.4 is 4.90 Å². The first-order chi connectivity index (χ1) is 8.68. The van der Waals surface area contributed by atoms with Crippen LogP contribution in [0.25, 0.3) is 0 Å². The van der Waals surface area contributed by atoms with E-state index >= 15 is 0 Å². The van der Waals surface area contributed by atoms with E-state index in [2.05, 4.69) is 0 Å². The van der Waals surface area contributed by atoms with Gasteiger partial charge in [-0.25, -0.2) is 4.90 Å². The topological polar surface area (TPSA) is 57.6 Å². The van der Waals surface area contributed by atoms with Crippen LogP contribution >= 0.6 is 0 Å². The van der Waals surface area contributed by atoms with Crippen LogP contribution in [0.1, 0.15) is 12.8 Å². The minimum absolute atomic E-state index is 0.121. The van der Waals surface area contributed by atoms with Crippen molar-refractivity contribution < 1.29 is 14.7 Å². The summed E-state index contributed by atoms with van der Waals surface area (Å²) in [6.07, 6.45) is 5.39. The fraction of sp³-hybridized carbons (Fsp3) is 0.286. The first-order valence-corrected chi connectivity index (χ1v) is 6.02. The third-order valence-electron chi connectivity index (χ3n) is 3.57. The number of rotatable bonds is 1. The lowest BCUT2D eigenvalue weighted by molar-refractivity contribution is -0.122. The van der Waals surface area contributed by atoms with Crippen molar-refractivity contribution in [2.45, 2.75) is 12.8 Å². The maximum atomic E-state index is 12.2. The Morgan fingerprint density at radius 2 is 1.83 bits per heavy atom. The molecule has 1 aromatic carbocycles. The second-order valence-corrected chi connectivity index (χ2v) is 4.67. The maximum Gasteiger partial charge on any atom is 0.241 e. The third kappa shape index (κ3) is 1.53. The lowest BCUT2D eigenvalue weighted by atomic mass is 9.86. The van der Waals surface area contributed by atoms with E-state index in [1.807, 2.05) is 12.2 Å². The van der Waals surface area contributed by atoms with E-state index in [9.17, 15) is 14.7 Å². The van der Waals surface area contributed by atoms with Crippen LogP contribution in [-0.2, 0) is 9.59 Å². The lowest BCUT2D eigenvalue weighted by Gasteiger charge is -2.14. The average Bonchev–Trinajstić information content (AvgIpc) is 2.64. The van der Waals surface area contributed by atoms with E-state index < -0.39 is 0 Å². The van der Waals surface area contributed by atoms with Gasteiger partial charge in [0.15, 0.2) is 0 Å². The Morgan fingerprint density at radius 1 is 1.11 bits per heavy atom. The van der Waals surface area contributed by atoms with E-state index in [1.165, 1.54) is 17.0 Å². The Balaban J connectivity index is 1.98. The molecular formula is C14H13NO3. The van der Waals surface area contributed by atoms with Gasteiger partial charge in [0.25, 0.3) is 0 Å². The van der Waals surface area contributed by atoms with Gasteiger partial charge >= 0.3 is 0 Å². The van der Waals surface area contributed by atoms with E-state index in [-0.39, 0.29) is 29.4 Å². The number of carbonyl (C=O) groups excluding carboxylic acids is 2. The zero-order chi connectivity index (χ0) is 12.7.